The van der Waals surface area contributed by atoms with Crippen molar-refractivity contribution in [3.05, 3.63) is 23.3 Å². The van der Waals surface area contributed by atoms with E-state index < -0.39 is 0 Å². The topological polar surface area (TPSA) is 56.8 Å². The van der Waals surface area contributed by atoms with E-state index in [1.807, 2.05) is 32.9 Å². The van der Waals surface area contributed by atoms with Crippen molar-refractivity contribution in [2.24, 2.45) is 0 Å². The van der Waals surface area contributed by atoms with Crippen LogP contribution in [-0.2, 0) is 16.0 Å². The summed E-state index contributed by atoms with van der Waals surface area (Å²) in [6.45, 7) is 7.24. The van der Waals surface area contributed by atoms with Gasteiger partial charge < -0.3 is 19.5 Å². The molecule has 1 amide bonds. The van der Waals surface area contributed by atoms with E-state index in [0.717, 1.165) is 17.5 Å². The number of methoxy groups -OCH3 is 2. The highest BCUT2D eigenvalue weighted by Crippen LogP contribution is 2.30. The molecular formula is C17H27NO4. The summed E-state index contributed by atoms with van der Waals surface area (Å²) in [4.78, 5) is 12.0. The van der Waals surface area contributed by atoms with Crippen molar-refractivity contribution in [2.75, 3.05) is 27.4 Å². The predicted molar refractivity (Wildman–Crippen MR) is 86.7 cm³/mol. The number of amides is 1. The zero-order chi connectivity index (χ0) is 16.5. The van der Waals surface area contributed by atoms with Gasteiger partial charge in [-0.15, -0.1) is 0 Å². The number of aryl methyl sites for hydroxylation is 1. The Hall–Kier alpha value is -1.75. The molecule has 5 heteroatoms. The highest BCUT2D eigenvalue weighted by Gasteiger charge is 2.11. The van der Waals surface area contributed by atoms with E-state index in [-0.39, 0.29) is 12.0 Å². The molecule has 0 radical (unpaired) electrons. The van der Waals surface area contributed by atoms with Gasteiger partial charge >= 0.3 is 0 Å². The maximum Gasteiger partial charge on any atom is 0.224 e. The smallest absolute Gasteiger partial charge is 0.224 e. The fourth-order valence-corrected chi connectivity index (χ4v) is 2.07. The molecule has 0 aliphatic rings. The number of rotatable bonds is 9. The van der Waals surface area contributed by atoms with Gasteiger partial charge in [0.05, 0.1) is 26.7 Å². The quantitative estimate of drug-likeness (QED) is 0.712. The lowest BCUT2D eigenvalue weighted by atomic mass is 10.0. The van der Waals surface area contributed by atoms with Crippen LogP contribution in [0.1, 0.15) is 31.4 Å². The molecule has 0 heterocycles. The van der Waals surface area contributed by atoms with E-state index in [9.17, 15) is 4.79 Å². The van der Waals surface area contributed by atoms with Gasteiger partial charge in [-0.05, 0) is 50.5 Å². The molecule has 0 unspecified atom stereocenters. The average molecular weight is 309 g/mol. The third kappa shape index (κ3) is 5.93. The second-order valence-corrected chi connectivity index (χ2v) is 5.43. The molecule has 0 atom stereocenters. The zero-order valence-electron chi connectivity index (χ0n) is 14.2. The van der Waals surface area contributed by atoms with Crippen LogP contribution in [0.4, 0.5) is 0 Å². The van der Waals surface area contributed by atoms with Gasteiger partial charge in [0, 0.05) is 13.2 Å². The highest BCUT2D eigenvalue weighted by molar-refractivity contribution is 5.79. The molecular weight excluding hydrogens is 282 g/mol. The molecule has 1 aromatic rings. The molecule has 0 aromatic heterocycles. The molecule has 0 saturated carbocycles. The molecule has 0 bridgehead atoms. The number of hydrogen-bond acceptors (Lipinski definition) is 4. The Morgan fingerprint density at radius 1 is 1.18 bits per heavy atom. The molecule has 22 heavy (non-hydrogen) atoms. The maximum absolute atomic E-state index is 12.0. The van der Waals surface area contributed by atoms with Gasteiger partial charge in [-0.25, -0.2) is 0 Å². The van der Waals surface area contributed by atoms with Crippen molar-refractivity contribution in [1.82, 2.24) is 5.32 Å². The third-order valence-electron chi connectivity index (χ3n) is 3.29. The second-order valence-electron chi connectivity index (χ2n) is 5.43. The number of nitrogens with one attached hydrogen (secondary N) is 1. The van der Waals surface area contributed by atoms with Crippen molar-refractivity contribution < 1.29 is 19.0 Å². The Kier molecular flexibility index (Phi) is 7.74. The summed E-state index contributed by atoms with van der Waals surface area (Å²) in [6, 6.07) is 3.74. The summed E-state index contributed by atoms with van der Waals surface area (Å²) < 4.78 is 16.0. The van der Waals surface area contributed by atoms with Crippen molar-refractivity contribution in [1.29, 1.82) is 0 Å². The number of hydrogen-bond donors (Lipinski definition) is 1. The number of benzene rings is 1. The lowest BCUT2D eigenvalue weighted by Crippen LogP contribution is -2.27. The number of ether oxygens (including phenoxy) is 3. The molecule has 5 nitrogen and oxygen atoms in total. The Bertz CT molecular complexity index is 486. The fraction of sp³-hybridized carbons (Fsp3) is 0.588. The van der Waals surface area contributed by atoms with E-state index in [1.165, 1.54) is 0 Å². The van der Waals surface area contributed by atoms with Gasteiger partial charge in [0.1, 0.15) is 0 Å². The highest BCUT2D eigenvalue weighted by atomic mass is 16.5. The number of carbonyl (C=O) groups is 1. The number of carbonyl (C=O) groups excluding carboxylic acids is 1. The second kappa shape index (κ2) is 9.30. The van der Waals surface area contributed by atoms with Gasteiger partial charge in [0.15, 0.2) is 11.5 Å². The fourth-order valence-electron chi connectivity index (χ4n) is 2.07. The van der Waals surface area contributed by atoms with Gasteiger partial charge in [-0.2, -0.15) is 0 Å². The Balaban J connectivity index is 2.50. The van der Waals surface area contributed by atoms with Crippen LogP contribution >= 0.6 is 0 Å². The van der Waals surface area contributed by atoms with Crippen molar-refractivity contribution in [3.8, 4) is 11.5 Å². The predicted octanol–water partition coefficient (Wildman–Crippen LogP) is 2.49. The summed E-state index contributed by atoms with van der Waals surface area (Å²) in [5.41, 5.74) is 1.95. The zero-order valence-corrected chi connectivity index (χ0v) is 14.2. The molecule has 0 saturated heterocycles. The van der Waals surface area contributed by atoms with E-state index in [1.54, 1.807) is 14.2 Å². The van der Waals surface area contributed by atoms with Crippen LogP contribution < -0.4 is 14.8 Å². The summed E-state index contributed by atoms with van der Waals surface area (Å²) in [7, 11) is 3.19. The molecule has 0 aliphatic carbocycles. The molecule has 124 valence electrons. The first-order chi connectivity index (χ1) is 10.5. The molecule has 0 fully saturated rings. The standard InChI is InChI=1S/C17H27NO4/c1-12(2)22-8-6-7-18-17(19)11-14-10-16(21-5)15(20-4)9-13(14)3/h9-10,12H,6-8,11H2,1-5H3,(H,18,19). The van der Waals surface area contributed by atoms with Crippen LogP contribution in [0.2, 0.25) is 0 Å². The first kappa shape index (κ1) is 18.3. The van der Waals surface area contributed by atoms with E-state index >= 15 is 0 Å². The summed E-state index contributed by atoms with van der Waals surface area (Å²) in [6.07, 6.45) is 1.37. The van der Waals surface area contributed by atoms with Crippen molar-refractivity contribution in [3.63, 3.8) is 0 Å². The van der Waals surface area contributed by atoms with Crippen LogP contribution in [-0.4, -0.2) is 39.4 Å². The largest absolute Gasteiger partial charge is 0.493 e. The Morgan fingerprint density at radius 2 is 1.82 bits per heavy atom. The van der Waals surface area contributed by atoms with Gasteiger partial charge in [-0.3, -0.25) is 4.79 Å². The third-order valence-corrected chi connectivity index (χ3v) is 3.29. The van der Waals surface area contributed by atoms with Crippen LogP contribution in [0.5, 0.6) is 11.5 Å². The minimum Gasteiger partial charge on any atom is -0.493 e. The minimum atomic E-state index is -0.000123. The first-order valence-electron chi connectivity index (χ1n) is 7.57. The monoisotopic (exact) mass is 309 g/mol. The van der Waals surface area contributed by atoms with E-state index in [0.29, 0.717) is 31.1 Å². The molecule has 0 aliphatic heterocycles. The molecule has 1 N–H and O–H groups in total. The average Bonchev–Trinajstić information content (AvgIpc) is 2.48. The van der Waals surface area contributed by atoms with Crippen LogP contribution in [0.3, 0.4) is 0 Å². The maximum atomic E-state index is 12.0. The summed E-state index contributed by atoms with van der Waals surface area (Å²) in [5, 5.41) is 2.91. The lowest BCUT2D eigenvalue weighted by Gasteiger charge is -2.13. The van der Waals surface area contributed by atoms with Gasteiger partial charge in [0.2, 0.25) is 5.91 Å². The van der Waals surface area contributed by atoms with Crippen molar-refractivity contribution >= 4 is 5.91 Å². The molecule has 1 rings (SSSR count). The van der Waals surface area contributed by atoms with Crippen LogP contribution in [0.25, 0.3) is 0 Å². The van der Waals surface area contributed by atoms with Gasteiger partial charge in [-0.1, -0.05) is 0 Å². The molecule has 0 spiro atoms. The summed E-state index contributed by atoms with van der Waals surface area (Å²) >= 11 is 0. The molecule has 1 aromatic carbocycles. The van der Waals surface area contributed by atoms with E-state index in [2.05, 4.69) is 5.32 Å². The van der Waals surface area contributed by atoms with Crippen LogP contribution in [0, 0.1) is 6.92 Å². The van der Waals surface area contributed by atoms with Gasteiger partial charge in [0.25, 0.3) is 0 Å². The van der Waals surface area contributed by atoms with Crippen molar-refractivity contribution in [2.45, 2.75) is 39.7 Å². The Labute approximate surface area is 132 Å². The normalized spacial score (nSPS) is 10.6. The SMILES string of the molecule is COc1cc(C)c(CC(=O)NCCCOC(C)C)cc1OC. The first-order valence-corrected chi connectivity index (χ1v) is 7.57. The lowest BCUT2D eigenvalue weighted by molar-refractivity contribution is -0.120. The Morgan fingerprint density at radius 3 is 2.41 bits per heavy atom. The van der Waals surface area contributed by atoms with Crippen LogP contribution in [0.15, 0.2) is 12.1 Å². The minimum absolute atomic E-state index is 0.000123. The van der Waals surface area contributed by atoms with E-state index in [4.69, 9.17) is 14.2 Å². The summed E-state index contributed by atoms with van der Waals surface area (Å²) in [5.74, 6) is 1.32.